The van der Waals surface area contributed by atoms with Gasteiger partial charge in [-0.05, 0) is 19.3 Å². The topological polar surface area (TPSA) is 293 Å². The van der Waals surface area contributed by atoms with Crippen LogP contribution >= 0.6 is 0 Å². The van der Waals surface area contributed by atoms with Crippen LogP contribution in [0.15, 0.2) is 0 Å². The lowest BCUT2D eigenvalue weighted by molar-refractivity contribution is -0.155. The Labute approximate surface area is 261 Å². The molecule has 18 nitrogen and oxygen atoms in total. The summed E-state index contributed by atoms with van der Waals surface area (Å²) in [4.78, 5) is 73.4. The van der Waals surface area contributed by atoms with Gasteiger partial charge in [0.15, 0.2) is 11.9 Å². The SMILES string of the molecule is COC(=O)C(CCCCNC(=O)C(O)C(O)C(O)C(O)C(=O)C(C)C)NC(=O)C(CO)NC(=O)[C@H](CO)NC(=O)CNC(C)C. The molecule has 0 saturated carbocycles. The minimum atomic E-state index is -2.17. The highest BCUT2D eigenvalue weighted by molar-refractivity contribution is 5.94. The first-order valence-electron chi connectivity index (χ1n) is 14.5. The van der Waals surface area contributed by atoms with Crippen molar-refractivity contribution >= 4 is 35.4 Å². The normalized spacial score (nSPS) is 16.0. The summed E-state index contributed by atoms with van der Waals surface area (Å²) in [6, 6.07) is -4.23. The molecule has 4 amide bonds. The van der Waals surface area contributed by atoms with E-state index in [4.69, 9.17) is 0 Å². The second-order valence-corrected chi connectivity index (χ2v) is 10.9. The van der Waals surface area contributed by atoms with Gasteiger partial charge in [-0.15, -0.1) is 0 Å². The molecule has 7 atom stereocenters. The van der Waals surface area contributed by atoms with Crippen LogP contribution in [0.25, 0.3) is 0 Å². The molecule has 0 heterocycles. The molecule has 0 spiro atoms. The first kappa shape index (κ1) is 41.7. The van der Waals surface area contributed by atoms with Crippen molar-refractivity contribution in [1.82, 2.24) is 26.6 Å². The summed E-state index contributed by atoms with van der Waals surface area (Å²) < 4.78 is 4.68. The van der Waals surface area contributed by atoms with E-state index in [0.717, 1.165) is 7.11 Å². The molecule has 45 heavy (non-hydrogen) atoms. The minimum Gasteiger partial charge on any atom is -0.467 e. The molecule has 0 radical (unpaired) electrons. The number of rotatable bonds is 22. The van der Waals surface area contributed by atoms with Crippen molar-refractivity contribution in [3.63, 3.8) is 0 Å². The number of nitrogens with one attached hydrogen (secondary N) is 5. The van der Waals surface area contributed by atoms with Crippen molar-refractivity contribution in [2.75, 3.05) is 33.4 Å². The molecule has 0 aliphatic rings. The Morgan fingerprint density at radius 1 is 0.689 bits per heavy atom. The van der Waals surface area contributed by atoms with E-state index in [-0.39, 0.29) is 38.4 Å². The molecule has 6 unspecified atom stereocenters. The summed E-state index contributed by atoms with van der Waals surface area (Å²) in [6.45, 7) is 4.62. The van der Waals surface area contributed by atoms with Crippen molar-refractivity contribution in [3.8, 4) is 0 Å². The first-order chi connectivity index (χ1) is 21.0. The quantitative estimate of drug-likeness (QED) is 0.0385. The van der Waals surface area contributed by atoms with E-state index in [0.29, 0.717) is 0 Å². The van der Waals surface area contributed by atoms with Crippen LogP contribution in [-0.4, -0.2) is 148 Å². The number of ketones is 1. The number of amides is 4. The Hall–Kier alpha value is -3.26. The van der Waals surface area contributed by atoms with Gasteiger partial charge >= 0.3 is 5.97 Å². The first-order valence-corrected chi connectivity index (χ1v) is 14.5. The van der Waals surface area contributed by atoms with Crippen LogP contribution in [0.3, 0.4) is 0 Å². The number of carbonyl (C=O) groups is 6. The lowest BCUT2D eigenvalue weighted by Gasteiger charge is -2.26. The summed E-state index contributed by atoms with van der Waals surface area (Å²) in [6.07, 6.45) is -8.09. The minimum absolute atomic E-state index is 0.0165. The summed E-state index contributed by atoms with van der Waals surface area (Å²) in [5.74, 6) is -5.93. The van der Waals surface area contributed by atoms with Crippen LogP contribution in [0, 0.1) is 5.92 Å². The van der Waals surface area contributed by atoms with Gasteiger partial charge in [-0.2, -0.15) is 0 Å². The van der Waals surface area contributed by atoms with E-state index in [1.807, 2.05) is 0 Å². The Kier molecular flexibility index (Phi) is 19.9. The summed E-state index contributed by atoms with van der Waals surface area (Å²) >= 11 is 0. The largest absolute Gasteiger partial charge is 0.467 e. The third-order valence-corrected chi connectivity index (χ3v) is 6.47. The van der Waals surface area contributed by atoms with Crippen molar-refractivity contribution in [3.05, 3.63) is 0 Å². The lowest BCUT2D eigenvalue weighted by atomic mass is 9.94. The van der Waals surface area contributed by atoms with E-state index in [2.05, 4.69) is 31.3 Å². The van der Waals surface area contributed by atoms with Crippen molar-refractivity contribution < 1.29 is 64.1 Å². The Morgan fingerprint density at radius 2 is 1.20 bits per heavy atom. The molecule has 0 fully saturated rings. The van der Waals surface area contributed by atoms with E-state index < -0.39 is 97.1 Å². The molecule has 0 aliphatic heterocycles. The molecule has 0 aliphatic carbocycles. The number of unbranched alkanes of at least 4 members (excludes halogenated alkanes) is 1. The molecular weight excluding hydrogens is 602 g/mol. The number of ether oxygens (including phenoxy) is 1. The highest BCUT2D eigenvalue weighted by atomic mass is 16.5. The molecule has 0 aromatic rings. The van der Waals surface area contributed by atoms with Gasteiger partial charge in [0, 0.05) is 18.5 Å². The third kappa shape index (κ3) is 15.0. The molecule has 0 aromatic carbocycles. The number of aliphatic hydroxyl groups is 6. The molecule has 11 N–H and O–H groups in total. The third-order valence-electron chi connectivity index (χ3n) is 6.47. The zero-order chi connectivity index (χ0) is 34.9. The molecule has 0 saturated heterocycles. The summed E-state index contributed by atoms with van der Waals surface area (Å²) in [7, 11) is 1.07. The van der Waals surface area contributed by atoms with Gasteiger partial charge in [-0.1, -0.05) is 27.7 Å². The van der Waals surface area contributed by atoms with Crippen LogP contribution in [-0.2, 0) is 33.5 Å². The van der Waals surface area contributed by atoms with Crippen molar-refractivity contribution in [2.24, 2.45) is 5.92 Å². The number of Topliss-reactive ketones (excluding diaryl/α,β-unsaturated/α-hetero) is 1. The van der Waals surface area contributed by atoms with Crippen LogP contribution in [0.2, 0.25) is 0 Å². The van der Waals surface area contributed by atoms with E-state index in [9.17, 15) is 59.4 Å². The summed E-state index contributed by atoms with van der Waals surface area (Å²) in [5.41, 5.74) is 0. The van der Waals surface area contributed by atoms with Crippen LogP contribution < -0.4 is 26.6 Å². The van der Waals surface area contributed by atoms with Crippen LogP contribution in [0.5, 0.6) is 0 Å². The Bertz CT molecular complexity index is 981. The molecule has 0 bridgehead atoms. The summed E-state index contributed by atoms with van der Waals surface area (Å²) in [5, 5.41) is 70.9. The predicted molar refractivity (Wildman–Crippen MR) is 156 cm³/mol. The zero-order valence-corrected chi connectivity index (χ0v) is 26.2. The maximum Gasteiger partial charge on any atom is 0.328 e. The van der Waals surface area contributed by atoms with Gasteiger partial charge in [0.05, 0.1) is 26.9 Å². The molecular formula is C27H49N5O13. The number of esters is 1. The molecule has 0 aromatic heterocycles. The number of hydrogen-bond acceptors (Lipinski definition) is 14. The van der Waals surface area contributed by atoms with Gasteiger partial charge in [0.1, 0.15) is 36.4 Å². The van der Waals surface area contributed by atoms with Gasteiger partial charge in [0.2, 0.25) is 17.7 Å². The standard InChI is InChI=1S/C27H49N5O13/c1-13(2)19(36)20(37)21(38)22(39)23(40)26(43)28-9-7-6-8-15(27(44)45-5)31-25(42)17(12-34)32-24(41)16(11-33)30-18(35)10-29-14(3)4/h13-17,20-23,29,33-34,37-40H,6-12H2,1-5H3,(H,28,43)(H,30,35)(H,31,42)(H,32,41)/t15?,16-,17?,20?,21?,22?,23?/m0/s1. The van der Waals surface area contributed by atoms with Gasteiger partial charge < -0.3 is 62.0 Å². The number of carbonyl (C=O) groups excluding carboxylic acids is 6. The van der Waals surface area contributed by atoms with Crippen molar-refractivity contribution in [1.29, 1.82) is 0 Å². The zero-order valence-electron chi connectivity index (χ0n) is 26.2. The Balaban J connectivity index is 4.97. The van der Waals surface area contributed by atoms with E-state index in [1.165, 1.54) is 13.8 Å². The maximum absolute atomic E-state index is 12.7. The van der Waals surface area contributed by atoms with Crippen LogP contribution in [0.1, 0.15) is 47.0 Å². The van der Waals surface area contributed by atoms with Gasteiger partial charge in [0.25, 0.3) is 5.91 Å². The van der Waals surface area contributed by atoms with Crippen molar-refractivity contribution in [2.45, 2.75) is 95.5 Å². The highest BCUT2D eigenvalue weighted by Gasteiger charge is 2.38. The molecule has 260 valence electrons. The fourth-order valence-corrected chi connectivity index (χ4v) is 3.69. The number of hydrogen-bond donors (Lipinski definition) is 11. The smallest absolute Gasteiger partial charge is 0.328 e. The van der Waals surface area contributed by atoms with E-state index in [1.54, 1.807) is 13.8 Å². The lowest BCUT2D eigenvalue weighted by Crippen LogP contribution is -2.58. The fraction of sp³-hybridized carbons (Fsp3) is 0.778. The van der Waals surface area contributed by atoms with Gasteiger partial charge in [-0.3, -0.25) is 24.0 Å². The average Bonchev–Trinajstić information content (AvgIpc) is 3.01. The molecule has 0 rings (SSSR count). The fourth-order valence-electron chi connectivity index (χ4n) is 3.69. The molecule has 18 heteroatoms. The monoisotopic (exact) mass is 651 g/mol. The second-order valence-electron chi connectivity index (χ2n) is 10.9. The van der Waals surface area contributed by atoms with E-state index >= 15 is 0 Å². The number of methoxy groups -OCH3 is 1. The highest BCUT2D eigenvalue weighted by Crippen LogP contribution is 2.11. The maximum atomic E-state index is 12.7. The Morgan fingerprint density at radius 3 is 1.69 bits per heavy atom. The van der Waals surface area contributed by atoms with Crippen LogP contribution in [0.4, 0.5) is 0 Å². The average molecular weight is 652 g/mol. The predicted octanol–water partition coefficient (Wildman–Crippen LogP) is -5.45. The van der Waals surface area contributed by atoms with Gasteiger partial charge in [-0.25, -0.2) is 4.79 Å². The number of aliphatic hydroxyl groups excluding tert-OH is 6. The second kappa shape index (κ2) is 21.5.